The van der Waals surface area contributed by atoms with E-state index >= 15 is 0 Å². The predicted octanol–water partition coefficient (Wildman–Crippen LogP) is 1.66. The lowest BCUT2D eigenvalue weighted by Crippen LogP contribution is -2.40. The minimum absolute atomic E-state index is 0.194. The van der Waals surface area contributed by atoms with E-state index in [4.69, 9.17) is 4.42 Å². The van der Waals surface area contributed by atoms with Gasteiger partial charge < -0.3 is 14.3 Å². The lowest BCUT2D eigenvalue weighted by molar-refractivity contribution is 0.0704. The molecule has 2 fully saturated rings. The summed E-state index contributed by atoms with van der Waals surface area (Å²) in [5.74, 6) is 1.90. The van der Waals surface area contributed by atoms with Crippen LogP contribution in [-0.2, 0) is 0 Å². The van der Waals surface area contributed by atoms with Crippen LogP contribution < -0.4 is 5.56 Å². The van der Waals surface area contributed by atoms with Gasteiger partial charge in [0.25, 0.3) is 11.5 Å². The third kappa shape index (κ3) is 2.78. The Hall–Kier alpha value is -2.44. The van der Waals surface area contributed by atoms with Gasteiger partial charge in [-0.1, -0.05) is 0 Å². The van der Waals surface area contributed by atoms with Gasteiger partial charge in [-0.05, 0) is 37.8 Å². The van der Waals surface area contributed by atoms with Crippen LogP contribution in [0.5, 0.6) is 0 Å². The van der Waals surface area contributed by atoms with Crippen molar-refractivity contribution >= 4 is 5.91 Å². The van der Waals surface area contributed by atoms with Crippen molar-refractivity contribution in [3.63, 3.8) is 0 Å². The molecule has 2 aromatic heterocycles. The van der Waals surface area contributed by atoms with Crippen LogP contribution in [0.1, 0.15) is 59.7 Å². The molecule has 120 valence electrons. The molecule has 3 heterocycles. The zero-order chi connectivity index (χ0) is 15.8. The fourth-order valence-corrected chi connectivity index (χ4v) is 3.00. The smallest absolute Gasteiger partial charge is 0.260 e. The fourth-order valence-electron chi connectivity index (χ4n) is 3.00. The molecule has 0 unspecified atom stereocenters. The number of hydrogen-bond donors (Lipinski definition) is 1. The Morgan fingerprint density at radius 3 is 2.39 bits per heavy atom. The first-order valence-electron chi connectivity index (χ1n) is 8.02. The molecule has 2 aliphatic rings. The number of pyridine rings is 1. The highest BCUT2D eigenvalue weighted by atomic mass is 16.4. The van der Waals surface area contributed by atoms with Crippen LogP contribution in [0.15, 0.2) is 27.5 Å². The van der Waals surface area contributed by atoms with E-state index < -0.39 is 0 Å². The van der Waals surface area contributed by atoms with Crippen molar-refractivity contribution < 1.29 is 9.21 Å². The van der Waals surface area contributed by atoms with Crippen molar-refractivity contribution in [2.75, 3.05) is 13.1 Å². The maximum Gasteiger partial charge on any atom is 0.260 e. The van der Waals surface area contributed by atoms with Crippen molar-refractivity contribution in [3.8, 4) is 0 Å². The quantitative estimate of drug-likeness (QED) is 0.930. The number of carbonyl (C=O) groups excluding carboxylic acids is 1. The lowest BCUT2D eigenvalue weighted by Gasteiger charge is -2.30. The van der Waals surface area contributed by atoms with Crippen molar-refractivity contribution in [2.24, 2.45) is 0 Å². The molecule has 2 aromatic rings. The van der Waals surface area contributed by atoms with Gasteiger partial charge in [0.1, 0.15) is 5.56 Å². The number of aromatic nitrogens is 3. The summed E-state index contributed by atoms with van der Waals surface area (Å²) >= 11 is 0. The molecule has 1 amide bonds. The summed E-state index contributed by atoms with van der Waals surface area (Å²) in [6.45, 7) is 1.19. The molecule has 0 bridgehead atoms. The van der Waals surface area contributed by atoms with Gasteiger partial charge in [-0.15, -0.1) is 10.2 Å². The number of nitrogens with zero attached hydrogens (tertiary/aromatic N) is 3. The van der Waals surface area contributed by atoms with Crippen LogP contribution >= 0.6 is 0 Å². The molecule has 0 atom stereocenters. The maximum absolute atomic E-state index is 12.4. The van der Waals surface area contributed by atoms with Crippen molar-refractivity contribution in [1.29, 1.82) is 0 Å². The second-order valence-corrected chi connectivity index (χ2v) is 6.23. The zero-order valence-corrected chi connectivity index (χ0v) is 12.7. The Morgan fingerprint density at radius 1 is 1.13 bits per heavy atom. The third-order valence-electron chi connectivity index (χ3n) is 4.56. The van der Waals surface area contributed by atoms with Crippen molar-refractivity contribution in [1.82, 2.24) is 20.1 Å². The zero-order valence-electron chi connectivity index (χ0n) is 12.7. The molecule has 4 rings (SSSR count). The standard InChI is InChI=1S/C16H18N4O3/c21-13-12(2-1-7-17-13)16(22)20-8-5-11(6-9-20)15-19-18-14(23-15)10-3-4-10/h1-2,7,10-11H,3-6,8-9H2,(H,17,21). The SMILES string of the molecule is O=C(c1ccc[nH]c1=O)N1CCC(c2nnc(C3CC3)o2)CC1. The Balaban J connectivity index is 1.41. The number of aromatic amines is 1. The van der Waals surface area contributed by atoms with Crippen LogP contribution in [0.3, 0.4) is 0 Å². The number of piperidine rings is 1. The van der Waals surface area contributed by atoms with E-state index in [9.17, 15) is 9.59 Å². The molecular weight excluding hydrogens is 296 g/mol. The fraction of sp³-hybridized carbons (Fsp3) is 0.500. The molecule has 0 aromatic carbocycles. The Labute approximate surface area is 132 Å². The van der Waals surface area contributed by atoms with Crippen molar-refractivity contribution in [3.05, 3.63) is 46.0 Å². The molecule has 23 heavy (non-hydrogen) atoms. The van der Waals surface area contributed by atoms with Gasteiger partial charge in [-0.2, -0.15) is 0 Å². The van der Waals surface area contributed by atoms with E-state index in [1.807, 2.05) is 0 Å². The molecule has 1 aliphatic carbocycles. The second-order valence-electron chi connectivity index (χ2n) is 6.23. The molecule has 0 spiro atoms. The van der Waals surface area contributed by atoms with Gasteiger partial charge in [0.2, 0.25) is 11.8 Å². The predicted molar refractivity (Wildman–Crippen MR) is 81.2 cm³/mol. The first kappa shape index (κ1) is 14.2. The van der Waals surface area contributed by atoms with Gasteiger partial charge in [-0.3, -0.25) is 9.59 Å². The second kappa shape index (κ2) is 5.64. The average Bonchev–Trinajstić information content (AvgIpc) is 3.32. The Kier molecular flexibility index (Phi) is 3.48. The van der Waals surface area contributed by atoms with Gasteiger partial charge in [0, 0.05) is 31.1 Å². The van der Waals surface area contributed by atoms with Crippen LogP contribution in [-0.4, -0.2) is 39.1 Å². The molecule has 1 saturated heterocycles. The van der Waals surface area contributed by atoms with E-state index in [2.05, 4.69) is 15.2 Å². The minimum Gasteiger partial charge on any atom is -0.425 e. The van der Waals surface area contributed by atoms with Crippen LogP contribution in [0.25, 0.3) is 0 Å². The van der Waals surface area contributed by atoms with E-state index in [0.717, 1.165) is 31.6 Å². The summed E-state index contributed by atoms with van der Waals surface area (Å²) < 4.78 is 5.77. The summed E-state index contributed by atoms with van der Waals surface area (Å²) in [6, 6.07) is 3.23. The number of carbonyl (C=O) groups is 1. The third-order valence-corrected chi connectivity index (χ3v) is 4.56. The number of H-pyrrole nitrogens is 1. The molecule has 1 aliphatic heterocycles. The normalized spacial score (nSPS) is 19.0. The number of hydrogen-bond acceptors (Lipinski definition) is 5. The van der Waals surface area contributed by atoms with E-state index in [0.29, 0.717) is 24.9 Å². The van der Waals surface area contributed by atoms with Gasteiger partial charge in [0.05, 0.1) is 0 Å². The minimum atomic E-state index is -0.342. The monoisotopic (exact) mass is 314 g/mol. The Bertz CT molecular complexity index is 769. The highest BCUT2D eigenvalue weighted by Gasteiger charge is 2.32. The molecular formula is C16H18N4O3. The highest BCUT2D eigenvalue weighted by molar-refractivity contribution is 5.93. The molecule has 1 N–H and O–H groups in total. The van der Waals surface area contributed by atoms with Gasteiger partial charge in [-0.25, -0.2) is 0 Å². The van der Waals surface area contributed by atoms with E-state index in [1.165, 1.54) is 6.20 Å². The molecule has 7 nitrogen and oxygen atoms in total. The number of amides is 1. The number of rotatable bonds is 3. The summed E-state index contributed by atoms with van der Waals surface area (Å²) in [6.07, 6.45) is 5.37. The number of nitrogens with one attached hydrogen (secondary N) is 1. The average molecular weight is 314 g/mol. The summed E-state index contributed by atoms with van der Waals surface area (Å²) in [7, 11) is 0. The number of likely N-dealkylation sites (tertiary alicyclic amines) is 1. The highest BCUT2D eigenvalue weighted by Crippen LogP contribution is 2.40. The van der Waals surface area contributed by atoms with Crippen LogP contribution in [0.4, 0.5) is 0 Å². The molecule has 0 radical (unpaired) electrons. The van der Waals surface area contributed by atoms with Gasteiger partial charge in [0.15, 0.2) is 0 Å². The Morgan fingerprint density at radius 2 is 1.78 bits per heavy atom. The maximum atomic E-state index is 12.4. The first-order valence-corrected chi connectivity index (χ1v) is 8.02. The lowest BCUT2D eigenvalue weighted by atomic mass is 9.96. The van der Waals surface area contributed by atoms with E-state index in [-0.39, 0.29) is 22.9 Å². The first-order chi connectivity index (χ1) is 11.2. The molecule has 1 saturated carbocycles. The molecule has 7 heteroatoms. The van der Waals surface area contributed by atoms with Crippen molar-refractivity contribution in [2.45, 2.75) is 37.5 Å². The largest absolute Gasteiger partial charge is 0.425 e. The van der Waals surface area contributed by atoms with E-state index in [1.54, 1.807) is 17.0 Å². The summed E-state index contributed by atoms with van der Waals surface area (Å²) in [5, 5.41) is 8.29. The van der Waals surface area contributed by atoms with Gasteiger partial charge >= 0.3 is 0 Å². The summed E-state index contributed by atoms with van der Waals surface area (Å²) in [5.41, 5.74) is -0.148. The topological polar surface area (TPSA) is 92.1 Å². The summed E-state index contributed by atoms with van der Waals surface area (Å²) in [4.78, 5) is 28.4. The van der Waals surface area contributed by atoms with Crippen LogP contribution in [0, 0.1) is 0 Å². The van der Waals surface area contributed by atoms with Crippen LogP contribution in [0.2, 0.25) is 0 Å².